The first-order valence-electron chi connectivity index (χ1n) is 10.5. The van der Waals surface area contributed by atoms with Gasteiger partial charge < -0.3 is 14.7 Å². The minimum Gasteiger partial charge on any atom is -0.366 e. The molecule has 0 atom stereocenters. The number of benzene rings is 1. The molecule has 4 rings (SSSR count). The highest BCUT2D eigenvalue weighted by molar-refractivity contribution is 5.96. The number of rotatable bonds is 4. The first kappa shape index (κ1) is 20.1. The van der Waals surface area contributed by atoms with E-state index < -0.39 is 0 Å². The molecular formula is C22H27N5O3. The quantitative estimate of drug-likeness (QED) is 0.570. The lowest BCUT2D eigenvalue weighted by Gasteiger charge is -2.35. The second-order valence-corrected chi connectivity index (χ2v) is 8.10. The summed E-state index contributed by atoms with van der Waals surface area (Å²) in [6.07, 6.45) is 3.81. The van der Waals surface area contributed by atoms with E-state index in [9.17, 15) is 14.9 Å². The van der Waals surface area contributed by atoms with Crippen LogP contribution in [0.1, 0.15) is 30.1 Å². The molecule has 1 aromatic heterocycles. The zero-order valence-corrected chi connectivity index (χ0v) is 17.2. The van der Waals surface area contributed by atoms with E-state index in [0.29, 0.717) is 43.3 Å². The highest BCUT2D eigenvalue weighted by Crippen LogP contribution is 2.32. The summed E-state index contributed by atoms with van der Waals surface area (Å²) >= 11 is 0. The third-order valence-corrected chi connectivity index (χ3v) is 6.08. The Balaban J connectivity index is 1.46. The number of amides is 1. The maximum absolute atomic E-state index is 13.0. The molecule has 2 saturated heterocycles. The van der Waals surface area contributed by atoms with Crippen LogP contribution in [-0.4, -0.2) is 60.0 Å². The second-order valence-electron chi connectivity index (χ2n) is 8.10. The highest BCUT2D eigenvalue weighted by Gasteiger charge is 2.27. The van der Waals surface area contributed by atoms with Gasteiger partial charge in [-0.15, -0.1) is 0 Å². The average molecular weight is 409 g/mol. The van der Waals surface area contributed by atoms with Crippen molar-refractivity contribution in [1.82, 2.24) is 9.88 Å². The minimum absolute atomic E-state index is 0.0162. The van der Waals surface area contributed by atoms with E-state index in [0.717, 1.165) is 31.7 Å². The van der Waals surface area contributed by atoms with Crippen molar-refractivity contribution < 1.29 is 9.72 Å². The molecule has 0 aliphatic carbocycles. The molecule has 1 amide bonds. The van der Waals surface area contributed by atoms with Gasteiger partial charge in [-0.05, 0) is 43.0 Å². The van der Waals surface area contributed by atoms with Gasteiger partial charge in [-0.25, -0.2) is 4.98 Å². The van der Waals surface area contributed by atoms with Gasteiger partial charge in [0.15, 0.2) is 0 Å². The lowest BCUT2D eigenvalue weighted by molar-refractivity contribution is -0.384. The molecule has 0 spiro atoms. The van der Waals surface area contributed by atoms with E-state index in [1.807, 2.05) is 18.2 Å². The number of nitrogens with zero attached hydrogens (tertiary/aromatic N) is 5. The predicted molar refractivity (Wildman–Crippen MR) is 116 cm³/mol. The van der Waals surface area contributed by atoms with E-state index in [1.165, 1.54) is 6.07 Å². The van der Waals surface area contributed by atoms with Crippen LogP contribution >= 0.6 is 0 Å². The Morgan fingerprint density at radius 2 is 1.77 bits per heavy atom. The fourth-order valence-electron chi connectivity index (χ4n) is 4.18. The molecule has 2 aliphatic rings. The molecule has 1 aromatic carbocycles. The van der Waals surface area contributed by atoms with Crippen molar-refractivity contribution in [2.75, 3.05) is 49.1 Å². The van der Waals surface area contributed by atoms with Crippen LogP contribution < -0.4 is 9.80 Å². The van der Waals surface area contributed by atoms with Gasteiger partial charge in [0.1, 0.15) is 11.5 Å². The number of piperidine rings is 1. The first-order chi connectivity index (χ1) is 14.5. The van der Waals surface area contributed by atoms with Gasteiger partial charge in [-0.2, -0.15) is 0 Å². The zero-order chi connectivity index (χ0) is 21.1. The fourth-order valence-corrected chi connectivity index (χ4v) is 4.18. The summed E-state index contributed by atoms with van der Waals surface area (Å²) in [5.74, 6) is 1.39. The number of hydrogen-bond acceptors (Lipinski definition) is 6. The molecule has 2 aromatic rings. The smallest absolute Gasteiger partial charge is 0.293 e. The SMILES string of the molecule is CC1CCN(c2ccc(C(=O)N3CCN(c4ccccn4)CC3)cc2[N+](=O)[O-])CC1. The standard InChI is InChI=1S/C22H27N5O3/c1-17-7-10-24(11-8-17)19-6-5-18(16-20(19)27(29)30)22(28)26-14-12-25(13-15-26)21-4-2-3-9-23-21/h2-6,9,16-17H,7-8,10-15H2,1H3. The number of aromatic nitrogens is 1. The van der Waals surface area contributed by atoms with Crippen LogP contribution in [0.25, 0.3) is 0 Å². The number of carbonyl (C=O) groups is 1. The van der Waals surface area contributed by atoms with Gasteiger partial charge in [-0.3, -0.25) is 14.9 Å². The second kappa shape index (κ2) is 8.69. The van der Waals surface area contributed by atoms with E-state index in [1.54, 1.807) is 23.2 Å². The molecule has 8 nitrogen and oxygen atoms in total. The summed E-state index contributed by atoms with van der Waals surface area (Å²) in [5, 5.41) is 11.7. The van der Waals surface area contributed by atoms with Crippen LogP contribution in [0.5, 0.6) is 0 Å². The Labute approximate surface area is 176 Å². The van der Waals surface area contributed by atoms with Crippen molar-refractivity contribution in [3.05, 3.63) is 58.3 Å². The van der Waals surface area contributed by atoms with Crippen molar-refractivity contribution in [1.29, 1.82) is 0 Å². The average Bonchev–Trinajstić information content (AvgIpc) is 2.79. The van der Waals surface area contributed by atoms with E-state index >= 15 is 0 Å². The van der Waals surface area contributed by atoms with Gasteiger partial charge in [0.05, 0.1) is 4.92 Å². The molecule has 0 unspecified atom stereocenters. The molecule has 3 heterocycles. The number of nitro groups is 1. The largest absolute Gasteiger partial charge is 0.366 e. The van der Waals surface area contributed by atoms with Crippen molar-refractivity contribution in [2.24, 2.45) is 5.92 Å². The molecular weight excluding hydrogens is 382 g/mol. The number of carbonyl (C=O) groups excluding carboxylic acids is 1. The lowest BCUT2D eigenvalue weighted by atomic mass is 9.98. The zero-order valence-electron chi connectivity index (χ0n) is 17.2. The number of anilines is 2. The van der Waals surface area contributed by atoms with Crippen molar-refractivity contribution in [3.8, 4) is 0 Å². The number of pyridine rings is 1. The molecule has 2 fully saturated rings. The van der Waals surface area contributed by atoms with Gasteiger partial charge in [0.25, 0.3) is 11.6 Å². The molecule has 158 valence electrons. The highest BCUT2D eigenvalue weighted by atomic mass is 16.6. The van der Waals surface area contributed by atoms with Crippen molar-refractivity contribution in [3.63, 3.8) is 0 Å². The number of hydrogen-bond donors (Lipinski definition) is 0. The molecule has 30 heavy (non-hydrogen) atoms. The third kappa shape index (κ3) is 4.22. The molecule has 0 radical (unpaired) electrons. The van der Waals surface area contributed by atoms with Gasteiger partial charge in [-0.1, -0.05) is 13.0 Å². The summed E-state index contributed by atoms with van der Waals surface area (Å²) in [7, 11) is 0. The van der Waals surface area contributed by atoms with Crippen molar-refractivity contribution in [2.45, 2.75) is 19.8 Å². The number of nitro benzene ring substituents is 1. The van der Waals surface area contributed by atoms with Crippen LogP contribution in [0.15, 0.2) is 42.6 Å². The van der Waals surface area contributed by atoms with Crippen LogP contribution in [0.3, 0.4) is 0 Å². The first-order valence-corrected chi connectivity index (χ1v) is 10.5. The maximum Gasteiger partial charge on any atom is 0.293 e. The van der Waals surface area contributed by atoms with E-state index in [-0.39, 0.29) is 16.5 Å². The summed E-state index contributed by atoms with van der Waals surface area (Å²) < 4.78 is 0. The Kier molecular flexibility index (Phi) is 5.83. The van der Waals surface area contributed by atoms with Crippen LogP contribution in [-0.2, 0) is 0 Å². The molecule has 0 N–H and O–H groups in total. The minimum atomic E-state index is -0.372. The Morgan fingerprint density at radius 3 is 2.40 bits per heavy atom. The molecule has 8 heteroatoms. The monoisotopic (exact) mass is 409 g/mol. The van der Waals surface area contributed by atoms with E-state index in [4.69, 9.17) is 0 Å². The van der Waals surface area contributed by atoms with E-state index in [2.05, 4.69) is 21.7 Å². The Hall–Kier alpha value is -3.16. The topological polar surface area (TPSA) is 82.8 Å². The van der Waals surface area contributed by atoms with Crippen LogP contribution in [0.4, 0.5) is 17.2 Å². The van der Waals surface area contributed by atoms with Crippen molar-refractivity contribution >= 4 is 23.1 Å². The summed E-state index contributed by atoms with van der Waals surface area (Å²) in [6, 6.07) is 10.7. The summed E-state index contributed by atoms with van der Waals surface area (Å²) in [4.78, 5) is 34.7. The summed E-state index contributed by atoms with van der Waals surface area (Å²) in [5.41, 5.74) is 1.01. The Morgan fingerprint density at radius 1 is 1.03 bits per heavy atom. The normalized spacial score (nSPS) is 17.8. The fraction of sp³-hybridized carbons (Fsp3) is 0.455. The summed E-state index contributed by atoms with van der Waals surface area (Å²) in [6.45, 7) is 6.34. The van der Waals surface area contributed by atoms with Crippen LogP contribution in [0.2, 0.25) is 0 Å². The van der Waals surface area contributed by atoms with Gasteiger partial charge in [0.2, 0.25) is 0 Å². The van der Waals surface area contributed by atoms with Gasteiger partial charge >= 0.3 is 0 Å². The molecule has 0 saturated carbocycles. The predicted octanol–water partition coefficient (Wildman–Crippen LogP) is 3.19. The van der Waals surface area contributed by atoms with Crippen LogP contribution in [0, 0.1) is 16.0 Å². The van der Waals surface area contributed by atoms with Gasteiger partial charge in [0, 0.05) is 57.1 Å². The lowest BCUT2D eigenvalue weighted by Crippen LogP contribution is -2.49. The molecule has 0 bridgehead atoms. The number of piperazine rings is 1. The molecule has 2 aliphatic heterocycles. The third-order valence-electron chi connectivity index (χ3n) is 6.08. The Bertz CT molecular complexity index is 904. The maximum atomic E-state index is 13.0.